The maximum absolute atomic E-state index is 12.3. The van der Waals surface area contributed by atoms with Crippen LogP contribution in [0.5, 0.6) is 0 Å². The molecule has 1 aliphatic rings. The number of nitrogens with zero attached hydrogens (tertiary/aromatic N) is 2. The van der Waals surface area contributed by atoms with Crippen LogP contribution in [0, 0.1) is 21.4 Å². The lowest BCUT2D eigenvalue weighted by atomic mass is 9.82. The van der Waals surface area contributed by atoms with Gasteiger partial charge in [-0.2, -0.15) is 5.26 Å². The first kappa shape index (κ1) is 19.3. The van der Waals surface area contributed by atoms with Crippen molar-refractivity contribution in [3.05, 3.63) is 63.2 Å². The van der Waals surface area contributed by atoms with Gasteiger partial charge in [0.2, 0.25) is 0 Å². The van der Waals surface area contributed by atoms with Crippen LogP contribution in [0.2, 0.25) is 0 Å². The SMILES string of the molecule is CC(C)(C)OC(=O)C1=CC=C(c2cccc(C#N)c2)C(N)C1(O)[N+](=O)[O-]. The molecule has 0 radical (unpaired) electrons. The molecule has 1 aromatic carbocycles. The molecule has 8 nitrogen and oxygen atoms in total. The minimum atomic E-state index is -2.85. The molecule has 26 heavy (non-hydrogen) atoms. The Bertz CT molecular complexity index is 860. The van der Waals surface area contributed by atoms with Crippen LogP contribution in [0.25, 0.3) is 5.57 Å². The van der Waals surface area contributed by atoms with Crippen LogP contribution in [0.4, 0.5) is 0 Å². The molecule has 0 spiro atoms. The Morgan fingerprint density at radius 3 is 2.62 bits per heavy atom. The van der Waals surface area contributed by atoms with Gasteiger partial charge in [0.05, 0.1) is 16.6 Å². The van der Waals surface area contributed by atoms with E-state index in [1.807, 2.05) is 6.07 Å². The van der Waals surface area contributed by atoms with Crippen molar-refractivity contribution in [2.24, 2.45) is 5.73 Å². The zero-order chi connectivity index (χ0) is 19.7. The highest BCUT2D eigenvalue weighted by Gasteiger charge is 2.57. The van der Waals surface area contributed by atoms with E-state index in [0.29, 0.717) is 11.1 Å². The van der Waals surface area contributed by atoms with Crippen LogP contribution < -0.4 is 5.73 Å². The largest absolute Gasteiger partial charge is 0.456 e. The Morgan fingerprint density at radius 1 is 1.42 bits per heavy atom. The third-order valence-corrected chi connectivity index (χ3v) is 3.82. The van der Waals surface area contributed by atoms with E-state index < -0.39 is 33.8 Å². The highest BCUT2D eigenvalue weighted by atomic mass is 16.7. The van der Waals surface area contributed by atoms with E-state index in [4.69, 9.17) is 15.7 Å². The van der Waals surface area contributed by atoms with Gasteiger partial charge in [-0.05, 0) is 50.1 Å². The van der Waals surface area contributed by atoms with Gasteiger partial charge in [-0.3, -0.25) is 10.1 Å². The minimum absolute atomic E-state index is 0.230. The Kier molecular flexibility index (Phi) is 4.98. The van der Waals surface area contributed by atoms with Crippen LogP contribution in [-0.2, 0) is 9.53 Å². The van der Waals surface area contributed by atoms with E-state index in [1.54, 1.807) is 39.0 Å². The van der Waals surface area contributed by atoms with Gasteiger partial charge < -0.3 is 15.6 Å². The van der Waals surface area contributed by atoms with Crippen molar-refractivity contribution in [1.29, 1.82) is 5.26 Å². The van der Waals surface area contributed by atoms with Gasteiger partial charge in [0.25, 0.3) is 0 Å². The molecule has 8 heteroatoms. The molecule has 1 aliphatic carbocycles. The van der Waals surface area contributed by atoms with E-state index in [-0.39, 0.29) is 5.57 Å². The van der Waals surface area contributed by atoms with Crippen LogP contribution >= 0.6 is 0 Å². The summed E-state index contributed by atoms with van der Waals surface area (Å²) < 4.78 is 5.15. The van der Waals surface area contributed by atoms with E-state index in [2.05, 4.69) is 0 Å². The fourth-order valence-corrected chi connectivity index (χ4v) is 2.59. The fraction of sp³-hybridized carbons (Fsp3) is 0.333. The van der Waals surface area contributed by atoms with Crippen molar-refractivity contribution in [1.82, 2.24) is 0 Å². The van der Waals surface area contributed by atoms with Crippen molar-refractivity contribution < 1.29 is 19.6 Å². The summed E-state index contributed by atoms with van der Waals surface area (Å²) in [5.74, 6) is -1.02. The van der Waals surface area contributed by atoms with E-state index in [0.717, 1.165) is 6.08 Å². The molecule has 0 fully saturated rings. The highest BCUT2D eigenvalue weighted by Crippen LogP contribution is 2.35. The standard InChI is InChI=1S/C18H19N3O5/c1-17(2,3)26-16(22)14-8-7-13(15(20)18(14,23)21(24)25)12-6-4-5-11(9-12)10-19/h4-9,15,23H,20H2,1-3H3. The van der Waals surface area contributed by atoms with Gasteiger partial charge in [-0.15, -0.1) is 0 Å². The number of carbonyl (C=O) groups excluding carboxylic acids is 1. The predicted octanol–water partition coefficient (Wildman–Crippen LogP) is 1.52. The maximum atomic E-state index is 12.3. The zero-order valence-electron chi connectivity index (χ0n) is 14.6. The van der Waals surface area contributed by atoms with Crippen molar-refractivity contribution >= 4 is 11.5 Å². The molecule has 2 unspecified atom stereocenters. The average molecular weight is 357 g/mol. The molecule has 1 aromatic rings. The Labute approximate surface area is 150 Å². The predicted molar refractivity (Wildman–Crippen MR) is 93.0 cm³/mol. The average Bonchev–Trinajstić information content (AvgIpc) is 2.55. The number of hydrogen-bond donors (Lipinski definition) is 2. The van der Waals surface area contributed by atoms with Gasteiger partial charge in [-0.25, -0.2) is 4.79 Å². The second-order valence-electron chi connectivity index (χ2n) is 6.86. The number of rotatable bonds is 3. The number of nitrogens with two attached hydrogens (primary N) is 1. The molecule has 2 atom stereocenters. The molecule has 3 N–H and O–H groups in total. The molecule has 136 valence electrons. The van der Waals surface area contributed by atoms with E-state index >= 15 is 0 Å². The third-order valence-electron chi connectivity index (χ3n) is 3.82. The number of carbonyl (C=O) groups is 1. The van der Waals surface area contributed by atoms with Crippen LogP contribution in [-0.4, -0.2) is 33.4 Å². The normalized spacial score (nSPS) is 22.7. The number of ether oxygens (including phenoxy) is 1. The van der Waals surface area contributed by atoms with Gasteiger partial charge in [0.15, 0.2) is 0 Å². The summed E-state index contributed by atoms with van der Waals surface area (Å²) >= 11 is 0. The minimum Gasteiger partial charge on any atom is -0.456 e. The van der Waals surface area contributed by atoms with Crippen molar-refractivity contribution in [2.75, 3.05) is 0 Å². The van der Waals surface area contributed by atoms with Crippen LogP contribution in [0.15, 0.2) is 42.0 Å². The molecule has 0 aromatic heterocycles. The summed E-state index contributed by atoms with van der Waals surface area (Å²) in [4.78, 5) is 22.9. The smallest absolute Gasteiger partial charge is 0.375 e. The van der Waals surface area contributed by atoms with Gasteiger partial charge in [-0.1, -0.05) is 18.2 Å². The van der Waals surface area contributed by atoms with Gasteiger partial charge in [0, 0.05) is 0 Å². The fourth-order valence-electron chi connectivity index (χ4n) is 2.59. The summed E-state index contributed by atoms with van der Waals surface area (Å²) in [6.45, 7) is 4.82. The summed E-state index contributed by atoms with van der Waals surface area (Å²) in [7, 11) is 0. The summed E-state index contributed by atoms with van der Waals surface area (Å²) in [6.07, 6.45) is 2.55. The van der Waals surface area contributed by atoms with Gasteiger partial charge in [0.1, 0.15) is 17.2 Å². The number of nitro groups is 1. The quantitative estimate of drug-likeness (QED) is 0.362. The lowest BCUT2D eigenvalue weighted by Crippen LogP contribution is -2.58. The van der Waals surface area contributed by atoms with Crippen molar-refractivity contribution in [3.63, 3.8) is 0 Å². The summed E-state index contributed by atoms with van der Waals surface area (Å²) in [6, 6.07) is 6.71. The molecule has 0 heterocycles. The Balaban J connectivity index is 2.57. The molecule has 0 saturated carbocycles. The van der Waals surface area contributed by atoms with Crippen molar-refractivity contribution in [3.8, 4) is 6.07 Å². The zero-order valence-corrected chi connectivity index (χ0v) is 14.6. The lowest BCUT2D eigenvalue weighted by molar-refractivity contribution is -0.611. The van der Waals surface area contributed by atoms with Crippen LogP contribution in [0.3, 0.4) is 0 Å². The molecular weight excluding hydrogens is 338 g/mol. The second kappa shape index (κ2) is 6.71. The third kappa shape index (κ3) is 3.49. The van der Waals surface area contributed by atoms with Gasteiger partial charge >= 0.3 is 11.7 Å². The number of aliphatic hydroxyl groups is 1. The molecular formula is C18H19N3O5. The Hall–Kier alpha value is -3.02. The monoisotopic (exact) mass is 357 g/mol. The molecule has 2 rings (SSSR count). The van der Waals surface area contributed by atoms with E-state index in [1.165, 1.54) is 12.1 Å². The molecule has 0 amide bonds. The summed E-state index contributed by atoms with van der Waals surface area (Å²) in [5, 5.41) is 31.3. The topological polar surface area (TPSA) is 139 Å². The molecule has 0 aliphatic heterocycles. The second-order valence-corrected chi connectivity index (χ2v) is 6.86. The number of allylic oxidation sites excluding steroid dienone is 2. The first-order valence-corrected chi connectivity index (χ1v) is 7.79. The molecule has 0 saturated heterocycles. The summed E-state index contributed by atoms with van der Waals surface area (Å²) in [5.41, 5.74) is 2.69. The lowest BCUT2D eigenvalue weighted by Gasteiger charge is -2.32. The first-order chi connectivity index (χ1) is 12.0. The highest BCUT2D eigenvalue weighted by molar-refractivity contribution is 5.94. The number of benzene rings is 1. The Morgan fingerprint density at radius 2 is 2.08 bits per heavy atom. The number of esters is 1. The first-order valence-electron chi connectivity index (χ1n) is 7.79. The maximum Gasteiger partial charge on any atom is 0.375 e. The van der Waals surface area contributed by atoms with Crippen LogP contribution in [0.1, 0.15) is 31.9 Å². The number of nitriles is 1. The van der Waals surface area contributed by atoms with E-state index in [9.17, 15) is 20.0 Å². The molecule has 0 bridgehead atoms. The number of hydrogen-bond acceptors (Lipinski definition) is 7. The van der Waals surface area contributed by atoms with Crippen molar-refractivity contribution in [2.45, 2.75) is 38.1 Å².